The van der Waals surface area contributed by atoms with Crippen LogP contribution in [0.2, 0.25) is 0 Å². The molecule has 0 aliphatic carbocycles. The second-order valence-electron chi connectivity index (χ2n) is 7.68. The molecule has 0 bridgehead atoms. The number of carbonyl (C=O) groups is 2. The van der Waals surface area contributed by atoms with Crippen LogP contribution < -0.4 is 10.6 Å². The number of imidazole rings is 1. The molecule has 0 radical (unpaired) electrons. The van der Waals surface area contributed by atoms with Crippen molar-refractivity contribution in [1.82, 2.24) is 20.2 Å². The van der Waals surface area contributed by atoms with E-state index in [4.69, 9.17) is 4.74 Å². The van der Waals surface area contributed by atoms with Gasteiger partial charge in [-0.05, 0) is 49.6 Å². The summed E-state index contributed by atoms with van der Waals surface area (Å²) in [5.74, 6) is -0.0798. The Hall–Kier alpha value is -3.26. The van der Waals surface area contributed by atoms with Crippen LogP contribution in [0, 0.1) is 5.82 Å². The van der Waals surface area contributed by atoms with Crippen molar-refractivity contribution < 1.29 is 18.7 Å². The monoisotopic (exact) mass is 424 g/mol. The van der Waals surface area contributed by atoms with Gasteiger partial charge in [-0.25, -0.2) is 9.37 Å². The average Bonchev–Trinajstić information content (AvgIpc) is 3.42. The predicted molar refractivity (Wildman–Crippen MR) is 114 cm³/mol. The third-order valence-electron chi connectivity index (χ3n) is 5.36. The molecule has 7 nitrogen and oxygen atoms in total. The van der Waals surface area contributed by atoms with Gasteiger partial charge in [-0.3, -0.25) is 9.59 Å². The minimum atomic E-state index is -0.431. The number of rotatable bonds is 7. The molecule has 0 spiro atoms. The fourth-order valence-electron chi connectivity index (χ4n) is 3.75. The first-order chi connectivity index (χ1) is 15.0. The maximum atomic E-state index is 13.1. The van der Waals surface area contributed by atoms with Crippen LogP contribution in [0.4, 0.5) is 4.39 Å². The van der Waals surface area contributed by atoms with E-state index in [1.807, 2.05) is 35.8 Å². The summed E-state index contributed by atoms with van der Waals surface area (Å²) in [6.07, 6.45) is 1.15. The Kier molecular flexibility index (Phi) is 6.27. The topological polar surface area (TPSA) is 85.2 Å². The summed E-state index contributed by atoms with van der Waals surface area (Å²) in [6.45, 7) is 2.80. The molecular formula is C23H25FN4O3. The van der Waals surface area contributed by atoms with Crippen molar-refractivity contribution in [3.05, 3.63) is 65.7 Å². The number of fused-ring (bicyclic) bond motifs is 1. The number of hydrogen-bond acceptors (Lipinski definition) is 4. The number of amides is 2. The van der Waals surface area contributed by atoms with Crippen LogP contribution in [0.1, 0.15) is 37.2 Å². The first kappa shape index (κ1) is 21.0. The normalized spacial score (nSPS) is 16.9. The fourth-order valence-corrected chi connectivity index (χ4v) is 3.75. The van der Waals surface area contributed by atoms with Crippen LogP contribution in [0.5, 0.6) is 0 Å². The molecular weight excluding hydrogens is 399 g/mol. The lowest BCUT2D eigenvalue weighted by atomic mass is 10.2. The number of nitrogens with zero attached hydrogens (tertiary/aromatic N) is 2. The zero-order valence-electron chi connectivity index (χ0n) is 17.3. The largest absolute Gasteiger partial charge is 0.368 e. The Morgan fingerprint density at radius 3 is 2.74 bits per heavy atom. The second-order valence-corrected chi connectivity index (χ2v) is 7.68. The lowest BCUT2D eigenvalue weighted by molar-refractivity contribution is -0.130. The van der Waals surface area contributed by atoms with Gasteiger partial charge in [-0.2, -0.15) is 0 Å². The van der Waals surface area contributed by atoms with E-state index in [2.05, 4.69) is 15.6 Å². The van der Waals surface area contributed by atoms with Gasteiger partial charge in [0.05, 0.1) is 17.1 Å². The quantitative estimate of drug-likeness (QED) is 0.611. The van der Waals surface area contributed by atoms with Crippen molar-refractivity contribution in [2.24, 2.45) is 0 Å². The lowest BCUT2D eigenvalue weighted by Crippen LogP contribution is -2.37. The molecule has 0 saturated carbocycles. The molecule has 1 aromatic heterocycles. The van der Waals surface area contributed by atoms with Crippen LogP contribution in [0.25, 0.3) is 11.0 Å². The summed E-state index contributed by atoms with van der Waals surface area (Å²) in [5, 5.41) is 5.82. The smallest absolute Gasteiger partial charge is 0.249 e. The number of para-hydroxylation sites is 2. The molecule has 4 rings (SSSR count). The van der Waals surface area contributed by atoms with Gasteiger partial charge in [0, 0.05) is 13.2 Å². The molecule has 1 fully saturated rings. The van der Waals surface area contributed by atoms with Gasteiger partial charge in [0.15, 0.2) is 0 Å². The highest BCUT2D eigenvalue weighted by Gasteiger charge is 2.27. The highest BCUT2D eigenvalue weighted by Crippen LogP contribution is 2.22. The van der Waals surface area contributed by atoms with Gasteiger partial charge >= 0.3 is 0 Å². The molecule has 162 valence electrons. The van der Waals surface area contributed by atoms with Gasteiger partial charge in [0.1, 0.15) is 24.3 Å². The standard InChI is InChI=1S/C23H25FN4O3/c1-15(26-23(30)20-7-4-12-31-20)22-27-18-5-2-3-6-19(18)28(22)14-21(29)25-13-16-8-10-17(24)11-9-16/h2-3,5-6,8-11,15,20H,4,7,12-14H2,1H3,(H,25,29)(H,26,30). The molecule has 2 N–H and O–H groups in total. The summed E-state index contributed by atoms with van der Waals surface area (Å²) in [7, 11) is 0. The van der Waals surface area contributed by atoms with Crippen molar-refractivity contribution >= 4 is 22.8 Å². The van der Waals surface area contributed by atoms with Crippen LogP contribution in [0.15, 0.2) is 48.5 Å². The summed E-state index contributed by atoms with van der Waals surface area (Å²) in [4.78, 5) is 29.8. The second kappa shape index (κ2) is 9.26. The minimum absolute atomic E-state index is 0.0528. The number of hydrogen-bond donors (Lipinski definition) is 2. The summed E-state index contributed by atoms with van der Waals surface area (Å²) < 4.78 is 20.3. The van der Waals surface area contributed by atoms with E-state index in [0.717, 1.165) is 23.0 Å². The molecule has 1 aliphatic rings. The summed E-state index contributed by atoms with van der Waals surface area (Å²) in [5.41, 5.74) is 2.37. The Balaban J connectivity index is 1.49. The van der Waals surface area contributed by atoms with Crippen LogP contribution >= 0.6 is 0 Å². The average molecular weight is 424 g/mol. The van der Waals surface area contributed by atoms with Crippen molar-refractivity contribution in [1.29, 1.82) is 0 Å². The highest BCUT2D eigenvalue weighted by atomic mass is 19.1. The maximum Gasteiger partial charge on any atom is 0.249 e. The molecule has 2 amide bonds. The van der Waals surface area contributed by atoms with Gasteiger partial charge < -0.3 is 19.9 Å². The van der Waals surface area contributed by atoms with Gasteiger partial charge in [0.2, 0.25) is 11.8 Å². The Morgan fingerprint density at radius 1 is 1.23 bits per heavy atom. The van der Waals surface area contributed by atoms with Gasteiger partial charge in [-0.15, -0.1) is 0 Å². The zero-order chi connectivity index (χ0) is 21.8. The lowest BCUT2D eigenvalue weighted by Gasteiger charge is -2.18. The van der Waals surface area contributed by atoms with Crippen LogP contribution in [0.3, 0.4) is 0 Å². The highest BCUT2D eigenvalue weighted by molar-refractivity contribution is 5.83. The predicted octanol–water partition coefficient (Wildman–Crippen LogP) is 2.85. The molecule has 1 saturated heterocycles. The number of aromatic nitrogens is 2. The van der Waals surface area contributed by atoms with Crippen molar-refractivity contribution in [3.63, 3.8) is 0 Å². The van der Waals surface area contributed by atoms with Crippen molar-refractivity contribution in [3.8, 4) is 0 Å². The van der Waals surface area contributed by atoms with E-state index in [0.29, 0.717) is 25.4 Å². The number of ether oxygens (including phenoxy) is 1. The first-order valence-electron chi connectivity index (χ1n) is 10.4. The van der Waals surface area contributed by atoms with E-state index < -0.39 is 12.1 Å². The third-order valence-corrected chi connectivity index (χ3v) is 5.36. The molecule has 31 heavy (non-hydrogen) atoms. The molecule has 2 aromatic carbocycles. The molecule has 2 heterocycles. The van der Waals surface area contributed by atoms with Crippen LogP contribution in [-0.4, -0.2) is 34.1 Å². The van der Waals surface area contributed by atoms with E-state index in [1.165, 1.54) is 12.1 Å². The number of carbonyl (C=O) groups excluding carboxylic acids is 2. The van der Waals surface area contributed by atoms with E-state index in [-0.39, 0.29) is 24.2 Å². The molecule has 3 aromatic rings. The third kappa shape index (κ3) is 4.91. The van der Waals surface area contributed by atoms with Crippen molar-refractivity contribution in [2.45, 2.75) is 45.0 Å². The molecule has 8 heteroatoms. The summed E-state index contributed by atoms with van der Waals surface area (Å²) in [6, 6.07) is 13.1. The van der Waals surface area contributed by atoms with Crippen molar-refractivity contribution in [2.75, 3.05) is 6.61 Å². The zero-order valence-corrected chi connectivity index (χ0v) is 17.3. The Bertz CT molecular complexity index is 1070. The molecule has 2 unspecified atom stereocenters. The SMILES string of the molecule is CC(NC(=O)C1CCCO1)c1nc2ccccc2n1CC(=O)NCc1ccc(F)cc1. The number of benzene rings is 2. The van der Waals surface area contributed by atoms with E-state index in [1.54, 1.807) is 12.1 Å². The molecule has 2 atom stereocenters. The first-order valence-corrected chi connectivity index (χ1v) is 10.4. The van der Waals surface area contributed by atoms with Crippen LogP contribution in [-0.2, 0) is 27.4 Å². The van der Waals surface area contributed by atoms with Gasteiger partial charge in [-0.1, -0.05) is 24.3 Å². The fraction of sp³-hybridized carbons (Fsp3) is 0.348. The van der Waals surface area contributed by atoms with E-state index in [9.17, 15) is 14.0 Å². The Morgan fingerprint density at radius 2 is 2.00 bits per heavy atom. The van der Waals surface area contributed by atoms with Gasteiger partial charge in [0.25, 0.3) is 0 Å². The Labute approximate surface area is 179 Å². The van der Waals surface area contributed by atoms with E-state index >= 15 is 0 Å². The summed E-state index contributed by atoms with van der Waals surface area (Å²) >= 11 is 0. The maximum absolute atomic E-state index is 13.1. The minimum Gasteiger partial charge on any atom is -0.368 e. The molecule has 1 aliphatic heterocycles. The number of nitrogens with one attached hydrogen (secondary N) is 2. The number of halogens is 1.